The Morgan fingerprint density at radius 2 is 1.80 bits per heavy atom. The third-order valence-corrected chi connectivity index (χ3v) is 4.42. The molecule has 0 amide bonds. The van der Waals surface area contributed by atoms with E-state index in [2.05, 4.69) is 36.6 Å². The quantitative estimate of drug-likeness (QED) is 0.657. The lowest BCUT2D eigenvalue weighted by molar-refractivity contribution is -0.140. The Balaban J connectivity index is 2.74. The number of aromatic carboxylic acids is 1. The Morgan fingerprint density at radius 1 is 1.16 bits per heavy atom. The van der Waals surface area contributed by atoms with E-state index in [4.69, 9.17) is 9.47 Å². The van der Waals surface area contributed by atoms with Crippen molar-refractivity contribution in [3.8, 4) is 0 Å². The SMILES string of the molecule is COC(=O)C1=C(C(=O)OC)N(c2c(Br)cc(Br)cc2C(=O)O)COC1. The number of halogens is 2. The molecule has 0 radical (unpaired) electrons. The Morgan fingerprint density at radius 3 is 2.36 bits per heavy atom. The highest BCUT2D eigenvalue weighted by Crippen LogP contribution is 2.37. The van der Waals surface area contributed by atoms with E-state index >= 15 is 0 Å². The number of carbonyl (C=O) groups is 3. The summed E-state index contributed by atoms with van der Waals surface area (Å²) in [5, 5.41) is 9.52. The predicted octanol–water partition coefficient (Wildman–Crippen LogP) is 2.30. The molecule has 0 spiro atoms. The number of hydrogen-bond acceptors (Lipinski definition) is 7. The molecule has 0 aliphatic carbocycles. The van der Waals surface area contributed by atoms with Crippen LogP contribution in [0.3, 0.4) is 0 Å². The normalized spacial score (nSPS) is 14.3. The van der Waals surface area contributed by atoms with Gasteiger partial charge in [-0.1, -0.05) is 15.9 Å². The molecular weight excluding hydrogens is 466 g/mol. The summed E-state index contributed by atoms with van der Waals surface area (Å²) < 4.78 is 15.7. The molecule has 10 heteroatoms. The molecule has 0 aromatic heterocycles. The number of carbonyl (C=O) groups excluding carboxylic acids is 2. The number of carboxylic acids is 1. The number of esters is 2. The van der Waals surface area contributed by atoms with E-state index in [1.54, 1.807) is 6.07 Å². The van der Waals surface area contributed by atoms with E-state index in [9.17, 15) is 19.5 Å². The molecule has 1 heterocycles. The van der Waals surface area contributed by atoms with E-state index in [0.717, 1.165) is 7.11 Å². The molecule has 2 rings (SSSR count). The van der Waals surface area contributed by atoms with E-state index in [0.29, 0.717) is 8.95 Å². The molecule has 1 N–H and O–H groups in total. The van der Waals surface area contributed by atoms with E-state index < -0.39 is 17.9 Å². The van der Waals surface area contributed by atoms with Crippen molar-refractivity contribution in [1.29, 1.82) is 0 Å². The number of methoxy groups -OCH3 is 2. The highest BCUT2D eigenvalue weighted by Gasteiger charge is 2.35. The van der Waals surface area contributed by atoms with Gasteiger partial charge < -0.3 is 24.2 Å². The maximum atomic E-state index is 12.3. The number of ether oxygens (including phenoxy) is 3. The Hall–Kier alpha value is -1.91. The molecular formula is C15H13Br2NO7. The van der Waals surface area contributed by atoms with Gasteiger partial charge in [-0.05, 0) is 28.1 Å². The second-order valence-corrected chi connectivity index (χ2v) is 6.57. The average molecular weight is 479 g/mol. The fraction of sp³-hybridized carbons (Fsp3) is 0.267. The Kier molecular flexibility index (Phi) is 6.20. The molecule has 0 bridgehead atoms. The summed E-state index contributed by atoms with van der Waals surface area (Å²) in [4.78, 5) is 37.2. The smallest absolute Gasteiger partial charge is 0.355 e. The van der Waals surface area contributed by atoms with Crippen LogP contribution in [0, 0.1) is 0 Å². The molecule has 0 atom stereocenters. The summed E-state index contributed by atoms with van der Waals surface area (Å²) in [7, 11) is 2.33. The van der Waals surface area contributed by atoms with Crippen molar-refractivity contribution in [2.45, 2.75) is 0 Å². The van der Waals surface area contributed by atoms with Crippen molar-refractivity contribution in [3.05, 3.63) is 37.9 Å². The van der Waals surface area contributed by atoms with Crippen LogP contribution < -0.4 is 4.90 Å². The Bertz CT molecular complexity index is 775. The first-order valence-electron chi connectivity index (χ1n) is 6.79. The van der Waals surface area contributed by atoms with Crippen LogP contribution in [-0.4, -0.2) is 50.6 Å². The molecule has 25 heavy (non-hydrogen) atoms. The van der Waals surface area contributed by atoms with Crippen LogP contribution in [0.1, 0.15) is 10.4 Å². The van der Waals surface area contributed by atoms with Crippen LogP contribution in [0.4, 0.5) is 5.69 Å². The van der Waals surface area contributed by atoms with E-state index in [1.165, 1.54) is 18.1 Å². The number of carboxylic acid groups (broad SMARTS) is 1. The lowest BCUT2D eigenvalue weighted by atomic mass is 10.1. The van der Waals surface area contributed by atoms with Gasteiger partial charge in [0.25, 0.3) is 0 Å². The first kappa shape index (κ1) is 19.4. The van der Waals surface area contributed by atoms with Crippen LogP contribution in [0.2, 0.25) is 0 Å². The van der Waals surface area contributed by atoms with Gasteiger partial charge in [-0.15, -0.1) is 0 Å². The summed E-state index contributed by atoms with van der Waals surface area (Å²) >= 11 is 6.52. The third-order valence-electron chi connectivity index (χ3n) is 3.36. The summed E-state index contributed by atoms with van der Waals surface area (Å²) in [6, 6.07) is 2.99. The summed E-state index contributed by atoms with van der Waals surface area (Å²) in [6.45, 7) is -0.310. The first-order valence-corrected chi connectivity index (χ1v) is 8.37. The summed E-state index contributed by atoms with van der Waals surface area (Å²) in [5.41, 5.74) is -0.146. The molecule has 1 aliphatic heterocycles. The van der Waals surface area contributed by atoms with Crippen molar-refractivity contribution in [2.75, 3.05) is 32.5 Å². The minimum atomic E-state index is -1.22. The number of nitrogens with zero attached hydrogens (tertiary/aromatic N) is 1. The molecule has 1 aromatic rings. The summed E-state index contributed by atoms with van der Waals surface area (Å²) in [6.07, 6.45) is 0. The molecule has 8 nitrogen and oxygen atoms in total. The van der Waals surface area contributed by atoms with Gasteiger partial charge in [-0.2, -0.15) is 0 Å². The molecule has 0 fully saturated rings. The fourth-order valence-corrected chi connectivity index (χ4v) is 3.76. The highest BCUT2D eigenvalue weighted by atomic mass is 79.9. The average Bonchev–Trinajstić information content (AvgIpc) is 2.59. The van der Waals surface area contributed by atoms with Crippen molar-refractivity contribution in [3.63, 3.8) is 0 Å². The number of rotatable bonds is 4. The number of hydrogen-bond donors (Lipinski definition) is 1. The zero-order valence-corrected chi connectivity index (χ0v) is 16.3. The highest BCUT2D eigenvalue weighted by molar-refractivity contribution is 9.11. The Labute approximate surface area is 159 Å². The standard InChI is InChI=1S/C15H13Br2NO7/c1-23-14(21)9-5-25-6-18(12(9)15(22)24-2)11-8(13(19)20)3-7(16)4-10(11)17/h3-4H,5-6H2,1-2H3,(H,19,20). The second kappa shape index (κ2) is 7.98. The van der Waals surface area contributed by atoms with Gasteiger partial charge >= 0.3 is 17.9 Å². The molecule has 0 saturated carbocycles. The maximum Gasteiger partial charge on any atom is 0.355 e. The number of anilines is 1. The second-order valence-electron chi connectivity index (χ2n) is 4.80. The van der Waals surface area contributed by atoms with Crippen molar-refractivity contribution >= 4 is 55.5 Å². The minimum absolute atomic E-state index is 0.0632. The lowest BCUT2D eigenvalue weighted by Crippen LogP contribution is -2.39. The minimum Gasteiger partial charge on any atom is -0.478 e. The maximum absolute atomic E-state index is 12.3. The molecule has 134 valence electrons. The zero-order valence-electron chi connectivity index (χ0n) is 13.2. The molecule has 0 unspecified atom stereocenters. The van der Waals surface area contributed by atoms with Gasteiger partial charge in [0.05, 0.1) is 37.7 Å². The fourth-order valence-electron chi connectivity index (χ4n) is 2.32. The largest absolute Gasteiger partial charge is 0.478 e. The van der Waals surface area contributed by atoms with Gasteiger partial charge in [0.1, 0.15) is 12.4 Å². The van der Waals surface area contributed by atoms with Crippen LogP contribution in [-0.2, 0) is 23.8 Å². The van der Waals surface area contributed by atoms with Crippen LogP contribution >= 0.6 is 31.9 Å². The number of benzene rings is 1. The molecule has 1 aliphatic rings. The van der Waals surface area contributed by atoms with Gasteiger partial charge in [0.2, 0.25) is 0 Å². The third kappa shape index (κ3) is 3.86. The zero-order chi connectivity index (χ0) is 18.7. The van der Waals surface area contributed by atoms with E-state index in [-0.39, 0.29) is 35.9 Å². The predicted molar refractivity (Wildman–Crippen MR) is 93.2 cm³/mol. The van der Waals surface area contributed by atoms with Crippen molar-refractivity contribution < 1.29 is 33.7 Å². The van der Waals surface area contributed by atoms with Gasteiger partial charge in [-0.25, -0.2) is 14.4 Å². The first-order chi connectivity index (χ1) is 11.8. The van der Waals surface area contributed by atoms with Crippen LogP contribution in [0.15, 0.2) is 32.3 Å². The van der Waals surface area contributed by atoms with Gasteiger partial charge in [0.15, 0.2) is 0 Å². The lowest BCUT2D eigenvalue weighted by Gasteiger charge is -2.32. The van der Waals surface area contributed by atoms with Gasteiger partial charge in [-0.3, -0.25) is 0 Å². The topological polar surface area (TPSA) is 102 Å². The van der Waals surface area contributed by atoms with Crippen LogP contribution in [0.5, 0.6) is 0 Å². The van der Waals surface area contributed by atoms with E-state index in [1.807, 2.05) is 0 Å². The van der Waals surface area contributed by atoms with Crippen molar-refractivity contribution in [1.82, 2.24) is 0 Å². The van der Waals surface area contributed by atoms with Gasteiger partial charge in [0, 0.05) is 8.95 Å². The summed E-state index contributed by atoms with van der Waals surface area (Å²) in [5.74, 6) is -2.79. The molecule has 1 aromatic carbocycles. The van der Waals surface area contributed by atoms with Crippen molar-refractivity contribution in [2.24, 2.45) is 0 Å². The molecule has 0 saturated heterocycles. The monoisotopic (exact) mass is 477 g/mol. The van der Waals surface area contributed by atoms with Crippen LogP contribution in [0.25, 0.3) is 0 Å².